The molecular formula is C24H29NO3. The Labute approximate surface area is 185 Å². The van der Waals surface area contributed by atoms with Crippen LogP contribution in [-0.4, -0.2) is 37.9 Å². The van der Waals surface area contributed by atoms with Crippen LogP contribution in [0, 0.1) is 11.8 Å². The standard InChI is InChI=1S/C24H29NO3/c1-27-22-14-19-13-20(24(26)21(19)15-23(22)28-2)12-17-8-10-25(11-9-17)16-18-6-4-3-5-7-18/h3-7,14-15,17,20H,8-13,16H2,1-2H3/i8D2,9D2,10D2,11D2,13D2,16D2,17D. The van der Waals surface area contributed by atoms with E-state index in [9.17, 15) is 4.79 Å². The molecule has 1 aliphatic heterocycles. The van der Waals surface area contributed by atoms with Crippen LogP contribution in [0.2, 0.25) is 0 Å². The summed E-state index contributed by atoms with van der Waals surface area (Å²) < 4.78 is 124. The van der Waals surface area contributed by atoms with E-state index in [2.05, 4.69) is 0 Å². The van der Waals surface area contributed by atoms with Crippen molar-refractivity contribution in [2.45, 2.75) is 32.0 Å². The van der Waals surface area contributed by atoms with Gasteiger partial charge in [-0.25, -0.2) is 0 Å². The molecule has 2 aromatic rings. The van der Waals surface area contributed by atoms with Crippen molar-refractivity contribution in [3.05, 3.63) is 59.2 Å². The molecule has 0 amide bonds. The Hall–Kier alpha value is -2.33. The molecular weight excluding hydrogens is 350 g/mol. The van der Waals surface area contributed by atoms with Crippen LogP contribution in [0.3, 0.4) is 0 Å². The molecule has 0 saturated carbocycles. The predicted molar refractivity (Wildman–Crippen MR) is 110 cm³/mol. The molecule has 1 fully saturated rings. The van der Waals surface area contributed by atoms with Gasteiger partial charge in [-0.15, -0.1) is 0 Å². The normalized spacial score (nSPS) is 37.7. The highest BCUT2D eigenvalue weighted by molar-refractivity contribution is 6.02. The van der Waals surface area contributed by atoms with Gasteiger partial charge in [0.25, 0.3) is 0 Å². The quantitative estimate of drug-likeness (QED) is 0.732. The summed E-state index contributed by atoms with van der Waals surface area (Å²) in [6.07, 6.45) is -11.2. The number of rotatable bonds is 6. The number of ether oxygens (including phenoxy) is 2. The van der Waals surface area contributed by atoms with E-state index in [1.54, 1.807) is 0 Å². The van der Waals surface area contributed by atoms with Crippen LogP contribution in [0.1, 0.15) is 58.5 Å². The van der Waals surface area contributed by atoms with Gasteiger partial charge in [0, 0.05) is 35.8 Å². The Morgan fingerprint density at radius 2 is 1.82 bits per heavy atom. The number of benzene rings is 2. The summed E-state index contributed by atoms with van der Waals surface area (Å²) in [7, 11) is 2.59. The van der Waals surface area contributed by atoms with Crippen molar-refractivity contribution in [2.24, 2.45) is 11.8 Å². The average molecular weight is 393 g/mol. The van der Waals surface area contributed by atoms with Crippen molar-refractivity contribution >= 4 is 5.78 Å². The molecule has 0 N–H and O–H groups in total. The second kappa shape index (κ2) is 8.36. The first-order valence-electron chi connectivity index (χ1n) is 15.3. The van der Waals surface area contributed by atoms with Gasteiger partial charge in [-0.1, -0.05) is 30.3 Å². The lowest BCUT2D eigenvalue weighted by Crippen LogP contribution is -2.34. The summed E-state index contributed by atoms with van der Waals surface area (Å²) in [6, 6.07) is 9.18. The van der Waals surface area contributed by atoms with Crippen LogP contribution in [-0.2, 0) is 12.9 Å². The summed E-state index contributed by atoms with van der Waals surface area (Å²) in [5.74, 6) is -6.10. The molecule has 2 aromatic carbocycles. The maximum absolute atomic E-state index is 13.5. The van der Waals surface area contributed by atoms with Gasteiger partial charge in [-0.2, -0.15) is 0 Å². The molecule has 0 radical (unpaired) electrons. The summed E-state index contributed by atoms with van der Waals surface area (Å²) in [6.45, 7) is -10.4. The van der Waals surface area contributed by atoms with E-state index in [0.29, 0.717) is 0 Å². The van der Waals surface area contributed by atoms with E-state index in [1.165, 1.54) is 56.7 Å². The van der Waals surface area contributed by atoms with Crippen molar-refractivity contribution in [1.29, 1.82) is 0 Å². The number of likely N-dealkylation sites (tertiary alicyclic amines) is 1. The zero-order valence-electron chi connectivity index (χ0n) is 28.5. The van der Waals surface area contributed by atoms with Gasteiger partial charge in [0.1, 0.15) is 0 Å². The molecule has 0 bridgehead atoms. The number of Topliss-reactive ketones (excluding diaryl/α,β-unsaturated/α-hetero) is 1. The number of carbonyl (C=O) groups is 1. The molecule has 1 unspecified atom stereocenters. The summed E-state index contributed by atoms with van der Waals surface area (Å²) in [5.41, 5.74) is -0.637. The third-order valence-corrected chi connectivity index (χ3v) is 4.50. The highest BCUT2D eigenvalue weighted by Gasteiger charge is 2.34. The zero-order valence-corrected chi connectivity index (χ0v) is 15.5. The SMILES string of the molecule is [2H]C1([2H])c2cc(OC)c(OC)cc2C(=O)C1CC1([2H])C([2H])([2H])C([2H])([2H])N(C([2H])([2H])c2ccccc2)C([2H])([2H])C1([2H])[2H]. The fourth-order valence-corrected chi connectivity index (χ4v) is 3.10. The van der Waals surface area contributed by atoms with Gasteiger partial charge < -0.3 is 9.47 Å². The van der Waals surface area contributed by atoms with Crippen LogP contribution in [0.15, 0.2) is 42.5 Å². The van der Waals surface area contributed by atoms with Crippen molar-refractivity contribution in [1.82, 2.24) is 4.90 Å². The molecule has 1 heterocycles. The molecule has 1 aliphatic carbocycles. The number of hydrogen-bond donors (Lipinski definition) is 0. The lowest BCUT2D eigenvalue weighted by molar-refractivity contribution is 0.0895. The highest BCUT2D eigenvalue weighted by Crippen LogP contribution is 2.39. The van der Waals surface area contributed by atoms with E-state index >= 15 is 0 Å². The summed E-state index contributed by atoms with van der Waals surface area (Å²) in [5, 5.41) is 0. The van der Waals surface area contributed by atoms with Crippen LogP contribution in [0.5, 0.6) is 11.5 Å². The predicted octanol–water partition coefficient (Wildman–Crippen LogP) is 4.36. The van der Waals surface area contributed by atoms with Crippen LogP contribution in [0.25, 0.3) is 0 Å². The smallest absolute Gasteiger partial charge is 0.166 e. The highest BCUT2D eigenvalue weighted by atomic mass is 16.5. The number of piperidine rings is 1. The van der Waals surface area contributed by atoms with Crippen LogP contribution < -0.4 is 9.47 Å². The van der Waals surface area contributed by atoms with Gasteiger partial charge in [0.15, 0.2) is 17.3 Å². The molecule has 0 spiro atoms. The Morgan fingerprint density at radius 1 is 1.14 bits per heavy atom. The Bertz CT molecular complexity index is 1340. The molecule has 4 heteroatoms. The topological polar surface area (TPSA) is 38.8 Å². The van der Waals surface area contributed by atoms with Crippen LogP contribution >= 0.6 is 0 Å². The second-order valence-corrected chi connectivity index (χ2v) is 6.28. The number of hydrogen-bond acceptors (Lipinski definition) is 4. The molecule has 2 aliphatic rings. The minimum atomic E-state index is -3.68. The minimum absolute atomic E-state index is 0.0824. The summed E-state index contributed by atoms with van der Waals surface area (Å²) >= 11 is 0. The summed E-state index contributed by atoms with van der Waals surface area (Å²) in [4.78, 5) is 13.4. The van der Waals surface area contributed by atoms with Crippen molar-refractivity contribution < 1.29 is 32.1 Å². The maximum Gasteiger partial charge on any atom is 0.166 e. The van der Waals surface area contributed by atoms with E-state index in [1.807, 2.05) is 0 Å². The fourth-order valence-electron chi connectivity index (χ4n) is 3.10. The van der Waals surface area contributed by atoms with Gasteiger partial charge in [-0.05, 0) is 67.7 Å². The van der Waals surface area contributed by atoms with E-state index in [0.717, 1.165) is 0 Å². The number of ketones is 1. The molecule has 4 rings (SSSR count). The Morgan fingerprint density at radius 3 is 2.50 bits per heavy atom. The molecule has 4 nitrogen and oxygen atoms in total. The van der Waals surface area contributed by atoms with E-state index in [4.69, 9.17) is 27.3 Å². The number of carbonyl (C=O) groups excluding carboxylic acids is 1. The first kappa shape index (κ1) is 9.00. The Kier molecular flexibility index (Phi) is 2.69. The van der Waals surface area contributed by atoms with Crippen molar-refractivity contribution in [3.8, 4) is 11.5 Å². The number of methoxy groups -OCH3 is 2. The first-order chi connectivity index (χ1) is 18.6. The Balaban J connectivity index is 1.88. The van der Waals surface area contributed by atoms with Gasteiger partial charge >= 0.3 is 0 Å². The van der Waals surface area contributed by atoms with Gasteiger partial charge in [0.2, 0.25) is 0 Å². The molecule has 0 aromatic heterocycles. The van der Waals surface area contributed by atoms with E-state index < -0.39 is 62.6 Å². The fraction of sp³-hybridized carbons (Fsp3) is 0.458. The monoisotopic (exact) mass is 392 g/mol. The molecule has 1 atom stereocenters. The molecule has 1 saturated heterocycles. The zero-order chi connectivity index (χ0) is 31.2. The minimum Gasteiger partial charge on any atom is -0.493 e. The number of nitrogens with zero attached hydrogens (tertiary/aromatic N) is 1. The van der Waals surface area contributed by atoms with E-state index in [-0.39, 0.29) is 33.1 Å². The first-order valence-corrected chi connectivity index (χ1v) is 8.75. The van der Waals surface area contributed by atoms with Gasteiger partial charge in [0.05, 0.1) is 14.2 Å². The van der Waals surface area contributed by atoms with Crippen molar-refractivity contribution in [2.75, 3.05) is 27.2 Å². The van der Waals surface area contributed by atoms with Crippen molar-refractivity contribution in [3.63, 3.8) is 0 Å². The van der Waals surface area contributed by atoms with Crippen LogP contribution in [0.4, 0.5) is 0 Å². The maximum atomic E-state index is 13.5. The second-order valence-electron chi connectivity index (χ2n) is 6.28. The molecule has 28 heavy (non-hydrogen) atoms. The lowest BCUT2D eigenvalue weighted by atomic mass is 9.85. The average Bonchev–Trinajstić information content (AvgIpc) is 3.06. The largest absolute Gasteiger partial charge is 0.493 e. The number of fused-ring (bicyclic) bond motifs is 1. The third kappa shape index (κ3) is 3.93. The third-order valence-electron chi connectivity index (χ3n) is 4.50. The molecule has 148 valence electrons. The van der Waals surface area contributed by atoms with Gasteiger partial charge in [-0.3, -0.25) is 9.69 Å². The lowest BCUT2D eigenvalue weighted by Gasteiger charge is -2.32.